The van der Waals surface area contributed by atoms with Crippen molar-refractivity contribution in [1.29, 1.82) is 0 Å². The molecule has 166 valence electrons. The van der Waals surface area contributed by atoms with Gasteiger partial charge in [0.05, 0.1) is 4.47 Å². The average Bonchev–Trinajstić information content (AvgIpc) is 2.80. The smallest absolute Gasteiger partial charge is 0.253 e. The quantitative estimate of drug-likeness (QED) is 0.416. The fourth-order valence-electron chi connectivity index (χ4n) is 3.70. The van der Waals surface area contributed by atoms with Crippen molar-refractivity contribution in [2.75, 3.05) is 26.2 Å². The number of piperazine rings is 1. The average molecular weight is 518 g/mol. The number of carbonyl (C=O) groups excluding carboxylic acids is 1. The molecule has 1 fully saturated rings. The molecule has 1 aliphatic rings. The summed E-state index contributed by atoms with van der Waals surface area (Å²) in [5.41, 5.74) is 2.50. The van der Waals surface area contributed by atoms with Crippen molar-refractivity contribution < 1.29 is 13.9 Å². The number of halogens is 3. The molecule has 1 aliphatic heterocycles. The topological polar surface area (TPSA) is 32.8 Å². The molecule has 0 spiro atoms. The Balaban J connectivity index is 1.33. The summed E-state index contributed by atoms with van der Waals surface area (Å²) in [4.78, 5) is 17.1. The molecule has 7 heteroatoms. The van der Waals surface area contributed by atoms with Crippen molar-refractivity contribution in [1.82, 2.24) is 9.80 Å². The predicted molar refractivity (Wildman–Crippen MR) is 128 cm³/mol. The highest BCUT2D eigenvalue weighted by Crippen LogP contribution is 2.25. The lowest BCUT2D eigenvalue weighted by Gasteiger charge is -2.35. The molecule has 0 radical (unpaired) electrons. The van der Waals surface area contributed by atoms with Crippen molar-refractivity contribution in [2.45, 2.75) is 13.2 Å². The summed E-state index contributed by atoms with van der Waals surface area (Å²) < 4.78 is 20.0. The van der Waals surface area contributed by atoms with Crippen LogP contribution in [0.2, 0.25) is 5.02 Å². The Hall–Kier alpha value is -2.41. The third-order valence-electron chi connectivity index (χ3n) is 5.47. The second-order valence-corrected chi connectivity index (χ2v) is 8.99. The number of para-hydroxylation sites is 1. The standard InChI is InChI=1S/C25H23BrClFN2O2/c26-22-6-1-2-7-24(22)32-17-18-4-3-5-19(14-18)25(31)30-12-10-29(11-13-30)16-20-8-9-21(28)15-23(20)27/h1-9,14-15H,10-13,16-17H2. The van der Waals surface area contributed by atoms with Gasteiger partial charge in [-0.1, -0.05) is 41.9 Å². The lowest BCUT2D eigenvalue weighted by molar-refractivity contribution is 0.0628. The van der Waals surface area contributed by atoms with E-state index in [2.05, 4.69) is 20.8 Å². The normalized spacial score (nSPS) is 14.4. The number of carbonyl (C=O) groups is 1. The summed E-state index contributed by atoms with van der Waals surface area (Å²) in [6.45, 7) is 3.78. The SMILES string of the molecule is O=C(c1cccc(COc2ccccc2Br)c1)N1CCN(Cc2ccc(F)cc2Cl)CC1. The van der Waals surface area contributed by atoms with Gasteiger partial charge in [-0.15, -0.1) is 0 Å². The number of nitrogens with zero attached hydrogens (tertiary/aromatic N) is 2. The van der Waals surface area contributed by atoms with E-state index in [-0.39, 0.29) is 11.7 Å². The number of hydrogen-bond acceptors (Lipinski definition) is 3. The third kappa shape index (κ3) is 5.68. The number of rotatable bonds is 6. The van der Waals surface area contributed by atoms with Crippen LogP contribution in [0.4, 0.5) is 4.39 Å². The molecule has 0 aromatic heterocycles. The van der Waals surface area contributed by atoms with E-state index in [4.69, 9.17) is 16.3 Å². The molecule has 32 heavy (non-hydrogen) atoms. The summed E-state index contributed by atoms with van der Waals surface area (Å²) in [5.74, 6) is 0.451. The first-order chi connectivity index (χ1) is 15.5. The van der Waals surface area contributed by atoms with Gasteiger partial charge in [-0.2, -0.15) is 0 Å². The van der Waals surface area contributed by atoms with Gasteiger partial charge >= 0.3 is 0 Å². The summed E-state index contributed by atoms with van der Waals surface area (Å²) in [5, 5.41) is 0.435. The second-order valence-electron chi connectivity index (χ2n) is 7.72. The Labute approximate surface area is 200 Å². The van der Waals surface area contributed by atoms with Crippen LogP contribution in [0.1, 0.15) is 21.5 Å². The molecular formula is C25H23BrClFN2O2. The van der Waals surface area contributed by atoms with Crippen molar-refractivity contribution in [3.63, 3.8) is 0 Å². The van der Waals surface area contributed by atoms with Crippen LogP contribution in [-0.2, 0) is 13.2 Å². The van der Waals surface area contributed by atoms with Crippen LogP contribution in [0.3, 0.4) is 0 Å². The van der Waals surface area contributed by atoms with E-state index in [0.29, 0.717) is 36.8 Å². The van der Waals surface area contributed by atoms with Crippen LogP contribution in [0.5, 0.6) is 5.75 Å². The second kappa shape index (κ2) is 10.5. The lowest BCUT2D eigenvalue weighted by atomic mass is 10.1. The lowest BCUT2D eigenvalue weighted by Crippen LogP contribution is -2.48. The van der Waals surface area contributed by atoms with Gasteiger partial charge in [0.25, 0.3) is 5.91 Å². The van der Waals surface area contributed by atoms with Crippen molar-refractivity contribution in [3.8, 4) is 5.75 Å². The molecule has 0 N–H and O–H groups in total. The molecule has 4 rings (SSSR count). The Morgan fingerprint density at radius 2 is 1.78 bits per heavy atom. The van der Waals surface area contributed by atoms with Gasteiger partial charge < -0.3 is 9.64 Å². The summed E-state index contributed by atoms with van der Waals surface area (Å²) in [7, 11) is 0. The molecule has 0 saturated carbocycles. The molecule has 1 amide bonds. The molecule has 0 unspecified atom stereocenters. The zero-order valence-corrected chi connectivity index (χ0v) is 19.8. The van der Waals surface area contributed by atoms with Crippen molar-refractivity contribution in [2.24, 2.45) is 0 Å². The number of benzene rings is 3. The molecule has 1 saturated heterocycles. The van der Waals surface area contributed by atoms with Crippen molar-refractivity contribution in [3.05, 3.63) is 98.7 Å². The van der Waals surface area contributed by atoms with E-state index in [1.807, 2.05) is 53.4 Å². The Bertz CT molecular complexity index is 1100. The zero-order valence-electron chi connectivity index (χ0n) is 17.4. The maximum Gasteiger partial charge on any atom is 0.253 e. The first-order valence-corrected chi connectivity index (χ1v) is 11.6. The van der Waals surface area contributed by atoms with Crippen LogP contribution >= 0.6 is 27.5 Å². The highest BCUT2D eigenvalue weighted by molar-refractivity contribution is 9.10. The summed E-state index contributed by atoms with van der Waals surface area (Å²) >= 11 is 9.63. The monoisotopic (exact) mass is 516 g/mol. The largest absolute Gasteiger partial charge is 0.488 e. The van der Waals surface area contributed by atoms with E-state index < -0.39 is 0 Å². The fraction of sp³-hybridized carbons (Fsp3) is 0.240. The van der Waals surface area contributed by atoms with Crippen LogP contribution in [0, 0.1) is 5.82 Å². The van der Waals surface area contributed by atoms with E-state index >= 15 is 0 Å². The van der Waals surface area contributed by atoms with Gasteiger partial charge in [0.1, 0.15) is 18.2 Å². The Kier molecular flexibility index (Phi) is 7.45. The van der Waals surface area contributed by atoms with Crippen LogP contribution in [0.15, 0.2) is 71.2 Å². The van der Waals surface area contributed by atoms with Gasteiger partial charge in [0, 0.05) is 43.3 Å². The van der Waals surface area contributed by atoms with Crippen molar-refractivity contribution >= 4 is 33.4 Å². The highest BCUT2D eigenvalue weighted by atomic mass is 79.9. The molecule has 0 aliphatic carbocycles. The molecule has 0 bridgehead atoms. The fourth-order valence-corrected chi connectivity index (χ4v) is 4.33. The molecule has 3 aromatic carbocycles. The minimum Gasteiger partial charge on any atom is -0.488 e. The number of hydrogen-bond donors (Lipinski definition) is 0. The first kappa shape index (κ1) is 22.8. The van der Waals surface area contributed by atoms with Gasteiger partial charge in [-0.25, -0.2) is 4.39 Å². The van der Waals surface area contributed by atoms with Gasteiger partial charge in [-0.05, 0) is 63.5 Å². The predicted octanol–water partition coefficient (Wildman–Crippen LogP) is 5.78. The van der Waals surface area contributed by atoms with Crippen LogP contribution in [-0.4, -0.2) is 41.9 Å². The number of amides is 1. The van der Waals surface area contributed by atoms with Gasteiger partial charge in [0.15, 0.2) is 0 Å². The molecule has 3 aromatic rings. The molecule has 0 atom stereocenters. The van der Waals surface area contributed by atoms with Crippen LogP contribution in [0.25, 0.3) is 0 Å². The maximum atomic E-state index is 13.3. The van der Waals surface area contributed by atoms with E-state index in [9.17, 15) is 9.18 Å². The minimum atomic E-state index is -0.335. The van der Waals surface area contributed by atoms with Gasteiger partial charge in [0.2, 0.25) is 0 Å². The molecule has 1 heterocycles. The summed E-state index contributed by atoms with van der Waals surface area (Å²) in [6, 6.07) is 19.7. The zero-order chi connectivity index (χ0) is 22.5. The summed E-state index contributed by atoms with van der Waals surface area (Å²) in [6.07, 6.45) is 0. The molecular weight excluding hydrogens is 495 g/mol. The third-order valence-corrected chi connectivity index (χ3v) is 6.48. The first-order valence-electron chi connectivity index (χ1n) is 10.4. The van der Waals surface area contributed by atoms with Crippen LogP contribution < -0.4 is 4.74 Å². The van der Waals surface area contributed by atoms with E-state index in [0.717, 1.165) is 34.4 Å². The minimum absolute atomic E-state index is 0.0206. The number of ether oxygens (including phenoxy) is 1. The van der Waals surface area contributed by atoms with Gasteiger partial charge in [-0.3, -0.25) is 9.69 Å². The Morgan fingerprint density at radius 3 is 2.53 bits per heavy atom. The Morgan fingerprint density at radius 1 is 1.00 bits per heavy atom. The molecule has 4 nitrogen and oxygen atoms in total. The maximum absolute atomic E-state index is 13.3. The highest BCUT2D eigenvalue weighted by Gasteiger charge is 2.23. The van der Waals surface area contributed by atoms with E-state index in [1.165, 1.54) is 12.1 Å². The van der Waals surface area contributed by atoms with E-state index in [1.54, 1.807) is 6.07 Å².